The van der Waals surface area contributed by atoms with Crippen molar-refractivity contribution in [2.75, 3.05) is 13.7 Å². The lowest BCUT2D eigenvalue weighted by molar-refractivity contribution is 0.0695. The van der Waals surface area contributed by atoms with Gasteiger partial charge in [0.2, 0.25) is 10.0 Å². The minimum atomic E-state index is -3.93. The van der Waals surface area contributed by atoms with Gasteiger partial charge in [0.25, 0.3) is 0 Å². The Hall–Kier alpha value is -1.15. The van der Waals surface area contributed by atoms with E-state index in [9.17, 15) is 13.2 Å². The van der Waals surface area contributed by atoms with Crippen molar-refractivity contribution in [3.63, 3.8) is 0 Å². The number of nitrogens with zero attached hydrogens (tertiary/aromatic N) is 1. The predicted molar refractivity (Wildman–Crippen MR) is 74.6 cm³/mol. The minimum absolute atomic E-state index is 0.0247. The number of aliphatic hydroxyl groups excluding tert-OH is 1. The molecule has 0 amide bonds. The van der Waals surface area contributed by atoms with Crippen LogP contribution in [0.15, 0.2) is 17.0 Å². The number of sulfonamides is 1. The van der Waals surface area contributed by atoms with E-state index in [2.05, 4.69) is 0 Å². The van der Waals surface area contributed by atoms with Crippen LogP contribution in [-0.4, -0.2) is 48.6 Å². The summed E-state index contributed by atoms with van der Waals surface area (Å²) in [5.41, 5.74) is -0.0555. The molecule has 0 radical (unpaired) electrons. The summed E-state index contributed by atoms with van der Waals surface area (Å²) in [6.07, 6.45) is 0. The summed E-state index contributed by atoms with van der Waals surface area (Å²) in [5, 5.41) is 18.1. The number of rotatable bonds is 5. The Balaban J connectivity index is 3.50. The quantitative estimate of drug-likeness (QED) is 0.853. The van der Waals surface area contributed by atoms with E-state index in [-0.39, 0.29) is 27.7 Å². The number of aromatic carboxylic acids is 1. The smallest absolute Gasteiger partial charge is 0.336 e. The number of benzene rings is 1. The van der Waals surface area contributed by atoms with Crippen LogP contribution in [0.4, 0.5) is 0 Å². The molecule has 0 bridgehead atoms. The normalized spacial score (nSPS) is 13.5. The zero-order chi connectivity index (χ0) is 15.7. The molecule has 0 aliphatic heterocycles. The second-order valence-electron chi connectivity index (χ2n) is 4.43. The molecule has 1 aromatic rings. The van der Waals surface area contributed by atoms with E-state index in [1.807, 2.05) is 0 Å². The third-order valence-corrected chi connectivity index (χ3v) is 5.41. The maximum absolute atomic E-state index is 12.4. The van der Waals surface area contributed by atoms with E-state index in [1.54, 1.807) is 0 Å². The molecule has 112 valence electrons. The van der Waals surface area contributed by atoms with Gasteiger partial charge in [0, 0.05) is 18.1 Å². The van der Waals surface area contributed by atoms with Crippen molar-refractivity contribution in [1.29, 1.82) is 0 Å². The van der Waals surface area contributed by atoms with Gasteiger partial charge in [0.05, 0.1) is 17.1 Å². The van der Waals surface area contributed by atoms with Crippen LogP contribution in [0.1, 0.15) is 22.8 Å². The molecule has 0 aliphatic carbocycles. The molecule has 0 aliphatic rings. The van der Waals surface area contributed by atoms with Crippen molar-refractivity contribution in [1.82, 2.24) is 4.31 Å². The SMILES string of the molecule is Cc1c(C(=O)O)cc(Cl)cc1S(=O)(=O)N(C)C(C)CO. The molecule has 1 atom stereocenters. The first-order chi connectivity index (χ1) is 9.12. The number of carboxylic acids is 1. The third-order valence-electron chi connectivity index (χ3n) is 3.10. The predicted octanol–water partition coefficient (Wildman–Crippen LogP) is 1.35. The van der Waals surface area contributed by atoms with Gasteiger partial charge in [0.1, 0.15) is 0 Å². The maximum atomic E-state index is 12.4. The van der Waals surface area contributed by atoms with Crippen LogP contribution in [0, 0.1) is 6.92 Å². The first-order valence-electron chi connectivity index (χ1n) is 5.75. The third kappa shape index (κ3) is 3.12. The average molecular weight is 322 g/mol. The second-order valence-corrected chi connectivity index (χ2v) is 6.84. The van der Waals surface area contributed by atoms with E-state index in [0.29, 0.717) is 0 Å². The number of likely N-dealkylation sites (N-methyl/N-ethyl adjacent to an activating group) is 1. The van der Waals surface area contributed by atoms with E-state index < -0.39 is 22.0 Å². The highest BCUT2D eigenvalue weighted by atomic mass is 35.5. The van der Waals surface area contributed by atoms with Gasteiger partial charge in [-0.25, -0.2) is 13.2 Å². The van der Waals surface area contributed by atoms with Crippen molar-refractivity contribution >= 4 is 27.6 Å². The zero-order valence-electron chi connectivity index (χ0n) is 11.3. The van der Waals surface area contributed by atoms with Crippen LogP contribution in [-0.2, 0) is 10.0 Å². The molecule has 0 saturated heterocycles. The summed E-state index contributed by atoms with van der Waals surface area (Å²) in [6, 6.07) is 1.78. The van der Waals surface area contributed by atoms with E-state index >= 15 is 0 Å². The summed E-state index contributed by atoms with van der Waals surface area (Å²) in [5.74, 6) is -1.25. The number of hydrogen-bond acceptors (Lipinski definition) is 4. The van der Waals surface area contributed by atoms with Gasteiger partial charge < -0.3 is 10.2 Å². The maximum Gasteiger partial charge on any atom is 0.336 e. The first-order valence-corrected chi connectivity index (χ1v) is 7.57. The topological polar surface area (TPSA) is 94.9 Å². The van der Waals surface area contributed by atoms with Gasteiger partial charge >= 0.3 is 5.97 Å². The Morgan fingerprint density at radius 1 is 1.45 bits per heavy atom. The molecule has 6 nitrogen and oxygen atoms in total. The van der Waals surface area contributed by atoms with E-state index in [4.69, 9.17) is 21.8 Å². The average Bonchev–Trinajstić information content (AvgIpc) is 2.38. The van der Waals surface area contributed by atoms with Gasteiger partial charge in [-0.3, -0.25) is 0 Å². The molecule has 1 rings (SSSR count). The van der Waals surface area contributed by atoms with Crippen LogP contribution in [0.25, 0.3) is 0 Å². The molecule has 1 unspecified atom stereocenters. The molecule has 8 heteroatoms. The van der Waals surface area contributed by atoms with Crippen LogP contribution >= 0.6 is 11.6 Å². The number of aliphatic hydroxyl groups is 1. The van der Waals surface area contributed by atoms with Crippen molar-refractivity contribution in [3.8, 4) is 0 Å². The highest BCUT2D eigenvalue weighted by Gasteiger charge is 2.28. The van der Waals surface area contributed by atoms with E-state index in [1.165, 1.54) is 33.0 Å². The molecule has 20 heavy (non-hydrogen) atoms. The van der Waals surface area contributed by atoms with Gasteiger partial charge in [-0.05, 0) is 31.5 Å². The lowest BCUT2D eigenvalue weighted by Crippen LogP contribution is -2.37. The summed E-state index contributed by atoms with van der Waals surface area (Å²) >= 11 is 5.79. The molecule has 0 aromatic heterocycles. The highest BCUT2D eigenvalue weighted by molar-refractivity contribution is 7.89. The largest absolute Gasteiger partial charge is 0.478 e. The molecule has 1 aromatic carbocycles. The fourth-order valence-corrected chi connectivity index (χ4v) is 3.56. The van der Waals surface area contributed by atoms with Crippen molar-refractivity contribution in [3.05, 3.63) is 28.3 Å². The summed E-state index contributed by atoms with van der Waals surface area (Å²) in [6.45, 7) is 2.60. The fraction of sp³-hybridized carbons (Fsp3) is 0.417. The lowest BCUT2D eigenvalue weighted by atomic mass is 10.1. The Bertz CT molecular complexity index is 629. The second kappa shape index (κ2) is 6.09. The standard InChI is InChI=1S/C12H16ClNO5S/c1-7(6-15)14(3)20(18,19)11-5-9(13)4-10(8(11)2)12(16)17/h4-5,7,15H,6H2,1-3H3,(H,16,17). The molecule has 0 heterocycles. The molecule has 2 N–H and O–H groups in total. The minimum Gasteiger partial charge on any atom is -0.478 e. The number of carbonyl (C=O) groups is 1. The van der Waals surface area contributed by atoms with Crippen LogP contribution in [0.2, 0.25) is 5.02 Å². The molecule has 0 spiro atoms. The summed E-state index contributed by atoms with van der Waals surface area (Å²) < 4.78 is 25.9. The Morgan fingerprint density at radius 2 is 2.00 bits per heavy atom. The Kier molecular flexibility index (Phi) is 5.15. The number of carboxylic acid groups (broad SMARTS) is 1. The van der Waals surface area contributed by atoms with Crippen molar-refractivity contribution < 1.29 is 23.4 Å². The van der Waals surface area contributed by atoms with Crippen LogP contribution in [0.5, 0.6) is 0 Å². The van der Waals surface area contributed by atoms with Crippen molar-refractivity contribution in [2.45, 2.75) is 24.8 Å². The molecular weight excluding hydrogens is 306 g/mol. The van der Waals surface area contributed by atoms with Crippen molar-refractivity contribution in [2.24, 2.45) is 0 Å². The number of halogens is 1. The Morgan fingerprint density at radius 3 is 2.45 bits per heavy atom. The van der Waals surface area contributed by atoms with Crippen LogP contribution < -0.4 is 0 Å². The molecule has 0 fully saturated rings. The first kappa shape index (κ1) is 16.9. The number of hydrogen-bond donors (Lipinski definition) is 2. The Labute approximate surface area is 122 Å². The van der Waals surface area contributed by atoms with Gasteiger partial charge in [-0.2, -0.15) is 4.31 Å². The van der Waals surface area contributed by atoms with Gasteiger partial charge in [-0.1, -0.05) is 11.6 Å². The summed E-state index contributed by atoms with van der Waals surface area (Å²) in [4.78, 5) is 10.9. The van der Waals surface area contributed by atoms with Gasteiger partial charge in [0.15, 0.2) is 0 Å². The molecular formula is C12H16ClNO5S. The molecule has 0 saturated carbocycles. The van der Waals surface area contributed by atoms with Crippen LogP contribution in [0.3, 0.4) is 0 Å². The summed E-state index contributed by atoms with van der Waals surface area (Å²) in [7, 11) is -2.62. The fourth-order valence-electron chi connectivity index (χ4n) is 1.65. The van der Waals surface area contributed by atoms with E-state index in [0.717, 1.165) is 4.31 Å². The highest BCUT2D eigenvalue weighted by Crippen LogP contribution is 2.27. The lowest BCUT2D eigenvalue weighted by Gasteiger charge is -2.24. The monoisotopic (exact) mass is 321 g/mol. The zero-order valence-corrected chi connectivity index (χ0v) is 12.9. The van der Waals surface area contributed by atoms with Gasteiger partial charge in [-0.15, -0.1) is 0 Å².